The Balaban J connectivity index is 1.34. The molecule has 196 valence electrons. The van der Waals surface area contributed by atoms with Crippen LogP contribution >= 0.6 is 0 Å². The summed E-state index contributed by atoms with van der Waals surface area (Å²) >= 11 is 0. The molecule has 11 nitrogen and oxygen atoms in total. The third-order valence-electron chi connectivity index (χ3n) is 7.85. The van der Waals surface area contributed by atoms with Crippen molar-refractivity contribution >= 4 is 28.7 Å². The number of likely N-dealkylation sites (tertiary alicyclic amines) is 1. The maximum absolute atomic E-state index is 13.0. The van der Waals surface area contributed by atoms with Gasteiger partial charge in [0.1, 0.15) is 17.8 Å². The van der Waals surface area contributed by atoms with Crippen LogP contribution in [-0.2, 0) is 9.53 Å². The van der Waals surface area contributed by atoms with Crippen molar-refractivity contribution in [2.24, 2.45) is 11.1 Å². The number of likely N-dealkylation sites (N-methyl/N-ethyl adjacent to an activating group) is 1. The molecule has 4 heterocycles. The number of hydrogen-bond acceptors (Lipinski definition) is 8. The number of nitrogens with zero attached hydrogens (tertiary/aromatic N) is 5. The average Bonchev–Trinajstić information content (AvgIpc) is 3.42. The third kappa shape index (κ3) is 3.88. The van der Waals surface area contributed by atoms with Crippen molar-refractivity contribution in [3.05, 3.63) is 42.2 Å². The number of methoxy groups -OCH3 is 1. The van der Waals surface area contributed by atoms with Gasteiger partial charge in [0, 0.05) is 39.0 Å². The Kier molecular flexibility index (Phi) is 5.65. The minimum Gasteiger partial charge on any atom is -0.490 e. The van der Waals surface area contributed by atoms with E-state index in [1.807, 2.05) is 37.5 Å². The predicted molar refractivity (Wildman–Crippen MR) is 140 cm³/mol. The zero-order chi connectivity index (χ0) is 26.6. The van der Waals surface area contributed by atoms with E-state index < -0.39 is 11.3 Å². The quantitative estimate of drug-likeness (QED) is 0.507. The number of carbonyl (C=O) groups excluding carboxylic acids is 2. The Hall–Kier alpha value is -4.30. The van der Waals surface area contributed by atoms with Crippen LogP contribution in [0, 0.1) is 16.7 Å². The number of nitrogens with two attached hydrogens (primary N) is 1. The fourth-order valence-corrected chi connectivity index (χ4v) is 5.39. The molecule has 6 rings (SSSR count). The average molecular weight is 516 g/mol. The number of nitrogens with one attached hydrogen (secondary N) is 1. The molecule has 1 aliphatic carbocycles. The number of nitriles is 1. The molecule has 38 heavy (non-hydrogen) atoms. The molecule has 1 aromatic carbocycles. The number of carbonyl (C=O) groups is 2. The number of primary amides is 1. The van der Waals surface area contributed by atoms with Crippen molar-refractivity contribution < 1.29 is 19.1 Å². The van der Waals surface area contributed by atoms with Crippen LogP contribution in [0.2, 0.25) is 0 Å². The van der Waals surface area contributed by atoms with Gasteiger partial charge in [-0.15, -0.1) is 0 Å². The van der Waals surface area contributed by atoms with Gasteiger partial charge in [-0.3, -0.25) is 9.59 Å². The molecule has 1 saturated carbocycles. The van der Waals surface area contributed by atoms with Gasteiger partial charge in [0.05, 0.1) is 53.4 Å². The molecule has 0 bridgehead atoms. The van der Waals surface area contributed by atoms with E-state index in [9.17, 15) is 14.9 Å². The number of rotatable bonds is 6. The minimum absolute atomic E-state index is 0.161. The Morgan fingerprint density at radius 1 is 1.26 bits per heavy atom. The lowest BCUT2D eigenvalue weighted by molar-refractivity contribution is -0.134. The van der Waals surface area contributed by atoms with E-state index in [-0.39, 0.29) is 23.6 Å². The van der Waals surface area contributed by atoms with E-state index in [4.69, 9.17) is 15.2 Å². The van der Waals surface area contributed by atoms with Crippen molar-refractivity contribution in [2.45, 2.75) is 25.0 Å². The van der Waals surface area contributed by atoms with Gasteiger partial charge in [0.2, 0.25) is 5.91 Å². The number of ether oxygens (including phenoxy) is 2. The second-order valence-corrected chi connectivity index (χ2v) is 10.2. The molecule has 0 radical (unpaired) electrons. The molecule has 0 unspecified atom stereocenters. The summed E-state index contributed by atoms with van der Waals surface area (Å²) in [6, 6.07) is 9.89. The molecule has 2 aliphatic heterocycles. The monoisotopic (exact) mass is 515 g/mol. The number of fused-ring (bicyclic) bond motifs is 2. The topological polar surface area (TPSA) is 138 Å². The van der Waals surface area contributed by atoms with Gasteiger partial charge in [0.25, 0.3) is 5.91 Å². The van der Waals surface area contributed by atoms with Crippen molar-refractivity contribution in [3.8, 4) is 22.9 Å². The van der Waals surface area contributed by atoms with E-state index in [2.05, 4.69) is 21.4 Å². The predicted octanol–water partition coefficient (Wildman–Crippen LogP) is 1.87. The summed E-state index contributed by atoms with van der Waals surface area (Å²) < 4.78 is 13.3. The molecule has 2 aromatic heterocycles. The highest BCUT2D eigenvalue weighted by atomic mass is 16.5. The number of aromatic nitrogens is 2. The molecule has 3 aliphatic rings. The van der Waals surface area contributed by atoms with Crippen molar-refractivity contribution in [3.63, 3.8) is 0 Å². The first-order valence-electron chi connectivity index (χ1n) is 12.6. The van der Waals surface area contributed by atoms with Gasteiger partial charge in [-0.1, -0.05) is 6.07 Å². The number of hydrogen-bond donors (Lipinski definition) is 2. The van der Waals surface area contributed by atoms with Crippen molar-refractivity contribution in [1.29, 1.82) is 5.26 Å². The SMILES string of the molecule is CO[C@H]1CN(C(=O)C2(C#N)CC2)C[C@H]1Nc1c(C(N)=O)cnn2cc(-c3ccc4c(c3)OCCN4C)cc12. The van der Waals surface area contributed by atoms with Crippen LogP contribution in [0.25, 0.3) is 16.6 Å². The molecule has 2 amide bonds. The van der Waals surface area contributed by atoms with Gasteiger partial charge >= 0.3 is 0 Å². The molecular weight excluding hydrogens is 486 g/mol. The zero-order valence-corrected chi connectivity index (χ0v) is 21.3. The summed E-state index contributed by atoms with van der Waals surface area (Å²) in [5.41, 5.74) is 9.16. The number of anilines is 2. The van der Waals surface area contributed by atoms with Crippen molar-refractivity contribution in [2.75, 3.05) is 50.6 Å². The highest BCUT2D eigenvalue weighted by molar-refractivity contribution is 6.02. The van der Waals surface area contributed by atoms with Crippen LogP contribution in [0.1, 0.15) is 23.2 Å². The van der Waals surface area contributed by atoms with Crippen LogP contribution in [0.4, 0.5) is 11.4 Å². The molecule has 11 heteroatoms. The summed E-state index contributed by atoms with van der Waals surface area (Å²) in [5, 5.41) is 17.3. The fourth-order valence-electron chi connectivity index (χ4n) is 5.39. The summed E-state index contributed by atoms with van der Waals surface area (Å²) in [5.74, 6) is 0.0449. The molecule has 0 spiro atoms. The molecule has 3 aromatic rings. The van der Waals surface area contributed by atoms with Crippen LogP contribution in [-0.4, -0.2) is 78.9 Å². The summed E-state index contributed by atoms with van der Waals surface area (Å²) in [4.78, 5) is 29.2. The van der Waals surface area contributed by atoms with E-state index in [1.54, 1.807) is 16.5 Å². The van der Waals surface area contributed by atoms with Gasteiger partial charge in [-0.2, -0.15) is 10.4 Å². The third-order valence-corrected chi connectivity index (χ3v) is 7.85. The van der Waals surface area contributed by atoms with Crippen LogP contribution < -0.4 is 20.7 Å². The van der Waals surface area contributed by atoms with E-state index in [1.165, 1.54) is 6.20 Å². The summed E-state index contributed by atoms with van der Waals surface area (Å²) in [6.07, 6.45) is 4.18. The maximum Gasteiger partial charge on any atom is 0.252 e. The van der Waals surface area contributed by atoms with Crippen LogP contribution in [0.15, 0.2) is 36.7 Å². The Morgan fingerprint density at radius 2 is 2.08 bits per heavy atom. The van der Waals surface area contributed by atoms with Gasteiger partial charge in [0.15, 0.2) is 0 Å². The first kappa shape index (κ1) is 24.1. The Morgan fingerprint density at radius 3 is 2.79 bits per heavy atom. The lowest BCUT2D eigenvalue weighted by atomic mass is 10.1. The molecule has 2 atom stereocenters. The van der Waals surface area contributed by atoms with Gasteiger partial charge in [-0.25, -0.2) is 4.52 Å². The second kappa shape index (κ2) is 8.92. The van der Waals surface area contributed by atoms with E-state index in [0.717, 1.165) is 29.1 Å². The molecule has 3 N–H and O–H groups in total. The minimum atomic E-state index is -0.903. The first-order chi connectivity index (χ1) is 18.3. The van der Waals surface area contributed by atoms with Gasteiger partial charge < -0.3 is 30.3 Å². The number of benzene rings is 1. The number of amides is 2. The summed E-state index contributed by atoms with van der Waals surface area (Å²) in [7, 11) is 3.63. The lowest BCUT2D eigenvalue weighted by Crippen LogP contribution is -2.37. The fraction of sp³-hybridized carbons (Fsp3) is 0.407. The normalized spacial score (nSPS) is 21.5. The zero-order valence-electron chi connectivity index (χ0n) is 21.3. The van der Waals surface area contributed by atoms with E-state index in [0.29, 0.717) is 43.7 Å². The van der Waals surface area contributed by atoms with E-state index >= 15 is 0 Å². The largest absolute Gasteiger partial charge is 0.490 e. The maximum atomic E-state index is 13.0. The van der Waals surface area contributed by atoms with Crippen molar-refractivity contribution in [1.82, 2.24) is 14.5 Å². The highest BCUT2D eigenvalue weighted by Gasteiger charge is 2.54. The lowest BCUT2D eigenvalue weighted by Gasteiger charge is -2.27. The van der Waals surface area contributed by atoms with Crippen LogP contribution in [0.5, 0.6) is 5.75 Å². The van der Waals surface area contributed by atoms with Gasteiger partial charge in [-0.05, 0) is 36.6 Å². The molecular formula is C27H29N7O4. The molecule has 2 fully saturated rings. The Bertz CT molecular complexity index is 1490. The summed E-state index contributed by atoms with van der Waals surface area (Å²) in [6.45, 7) is 2.16. The second-order valence-electron chi connectivity index (χ2n) is 10.2. The van der Waals surface area contributed by atoms with Crippen LogP contribution in [0.3, 0.4) is 0 Å². The Labute approximate surface area is 219 Å². The smallest absolute Gasteiger partial charge is 0.252 e. The first-order valence-corrected chi connectivity index (χ1v) is 12.6. The standard InChI is InChI=1S/C27H29N7O4/c1-32-7-8-38-22-10-16(3-4-20(22)32)17-9-21-24(18(25(29)35)11-30-34(21)12-17)31-19-13-33(14-23(19)37-2)26(36)27(15-28)5-6-27/h3-4,9-12,19,23,31H,5-8,13-14H2,1-2H3,(H2,29,35)/t19-,23+/m1/s1. The molecule has 1 saturated heterocycles. The highest BCUT2D eigenvalue weighted by Crippen LogP contribution is 2.47.